The van der Waals surface area contributed by atoms with Gasteiger partial charge in [-0.2, -0.15) is 0 Å². The Morgan fingerprint density at radius 3 is 2.00 bits per heavy atom. The van der Waals surface area contributed by atoms with Gasteiger partial charge < -0.3 is 4.74 Å². The molecule has 0 N–H and O–H groups in total. The Labute approximate surface area is 228 Å². The van der Waals surface area contributed by atoms with Crippen LogP contribution >= 0.6 is 0 Å². The molecule has 0 fully saturated rings. The molecule has 1 aromatic heterocycles. The van der Waals surface area contributed by atoms with Crippen LogP contribution in [0.2, 0.25) is 0 Å². The summed E-state index contributed by atoms with van der Waals surface area (Å²) in [6.07, 6.45) is 1.20. The van der Waals surface area contributed by atoms with Crippen LogP contribution in [-0.4, -0.2) is 32.2 Å². The minimum Gasteiger partial charge on any atom is -0.462 e. The number of nitrogens with zero attached hydrogens (tertiary/aromatic N) is 2. The highest BCUT2D eigenvalue weighted by molar-refractivity contribution is 7.92. The van der Waals surface area contributed by atoms with Crippen molar-refractivity contribution >= 4 is 32.6 Å². The van der Waals surface area contributed by atoms with Crippen LogP contribution in [0, 0.1) is 0 Å². The van der Waals surface area contributed by atoms with Gasteiger partial charge in [0.2, 0.25) is 10.0 Å². The van der Waals surface area contributed by atoms with Crippen LogP contribution in [-0.2, 0) is 21.3 Å². The molecule has 6 nitrogen and oxygen atoms in total. The van der Waals surface area contributed by atoms with Crippen LogP contribution < -0.4 is 4.31 Å². The summed E-state index contributed by atoms with van der Waals surface area (Å²) in [5.41, 5.74) is 5.15. The molecule has 0 unspecified atom stereocenters. The Hall–Kier alpha value is -4.49. The molecule has 1 heterocycles. The lowest BCUT2D eigenvalue weighted by Crippen LogP contribution is -2.30. The van der Waals surface area contributed by atoms with E-state index in [1.54, 1.807) is 25.1 Å². The number of carbonyl (C=O) groups is 1. The molecule has 0 saturated carbocycles. The maximum atomic E-state index is 13.5. The predicted molar refractivity (Wildman–Crippen MR) is 156 cm³/mol. The van der Waals surface area contributed by atoms with Crippen LogP contribution in [0.3, 0.4) is 0 Å². The zero-order valence-corrected chi connectivity index (χ0v) is 22.6. The van der Waals surface area contributed by atoms with Gasteiger partial charge in [0.1, 0.15) is 0 Å². The van der Waals surface area contributed by atoms with E-state index in [0.717, 1.165) is 16.7 Å². The molecule has 5 rings (SSSR count). The third-order valence-corrected chi connectivity index (χ3v) is 7.51. The number of hydrogen-bond donors (Lipinski definition) is 0. The lowest BCUT2D eigenvalue weighted by molar-refractivity contribution is 0.0526. The van der Waals surface area contributed by atoms with Crippen molar-refractivity contribution in [2.45, 2.75) is 13.5 Å². The largest absolute Gasteiger partial charge is 0.462 e. The fourth-order valence-corrected chi connectivity index (χ4v) is 5.55. The zero-order chi connectivity index (χ0) is 27.4. The summed E-state index contributed by atoms with van der Waals surface area (Å²) >= 11 is 0. The topological polar surface area (TPSA) is 76.6 Å². The summed E-state index contributed by atoms with van der Waals surface area (Å²) in [6, 6.07) is 33.9. The molecule has 0 radical (unpaired) electrons. The number of aromatic nitrogens is 1. The van der Waals surface area contributed by atoms with E-state index in [-0.39, 0.29) is 13.2 Å². The fourth-order valence-electron chi connectivity index (χ4n) is 4.64. The van der Waals surface area contributed by atoms with E-state index in [2.05, 4.69) is 0 Å². The number of rotatable bonds is 8. The number of hydrogen-bond acceptors (Lipinski definition) is 5. The standard InChI is InChI=1S/C32H28N2O4S/c1-3-38-32(35)26-19-20-28-27(21-26)31(34(39(2,36)37)22-23-13-7-4-8-14-23)29(24-15-9-5-10-16-24)30(33-28)25-17-11-6-12-18-25/h4-21H,3,22H2,1-2H3. The number of esters is 1. The van der Waals surface area contributed by atoms with Crippen LogP contribution in [0.5, 0.6) is 0 Å². The smallest absolute Gasteiger partial charge is 0.338 e. The summed E-state index contributed by atoms with van der Waals surface area (Å²) < 4.78 is 33.8. The second-order valence-corrected chi connectivity index (χ2v) is 11.0. The Morgan fingerprint density at radius 1 is 0.821 bits per heavy atom. The normalized spacial score (nSPS) is 11.3. The average Bonchev–Trinajstić information content (AvgIpc) is 2.96. The van der Waals surface area contributed by atoms with E-state index in [1.165, 1.54) is 10.6 Å². The molecule has 0 saturated heterocycles. The Kier molecular flexibility index (Phi) is 7.43. The number of anilines is 1. The number of ether oxygens (including phenoxy) is 1. The molecule has 0 spiro atoms. The van der Waals surface area contributed by atoms with Gasteiger partial charge in [-0.25, -0.2) is 18.2 Å². The quantitative estimate of drug-likeness (QED) is 0.206. The third kappa shape index (κ3) is 5.54. The maximum Gasteiger partial charge on any atom is 0.338 e. The van der Waals surface area contributed by atoms with Crippen molar-refractivity contribution in [3.8, 4) is 22.4 Å². The van der Waals surface area contributed by atoms with Gasteiger partial charge in [-0.1, -0.05) is 91.0 Å². The van der Waals surface area contributed by atoms with Crippen molar-refractivity contribution in [2.75, 3.05) is 17.2 Å². The summed E-state index contributed by atoms with van der Waals surface area (Å²) in [7, 11) is -3.79. The van der Waals surface area contributed by atoms with Crippen molar-refractivity contribution in [1.29, 1.82) is 0 Å². The maximum absolute atomic E-state index is 13.5. The van der Waals surface area contributed by atoms with E-state index in [4.69, 9.17) is 9.72 Å². The van der Waals surface area contributed by atoms with Crippen LogP contribution in [0.25, 0.3) is 33.3 Å². The van der Waals surface area contributed by atoms with Crippen LogP contribution in [0.1, 0.15) is 22.8 Å². The van der Waals surface area contributed by atoms with E-state index in [0.29, 0.717) is 33.4 Å². The summed E-state index contributed by atoms with van der Waals surface area (Å²) in [4.78, 5) is 17.8. The van der Waals surface area contributed by atoms with Gasteiger partial charge in [0.15, 0.2) is 0 Å². The molecule has 0 aliphatic heterocycles. The lowest BCUT2D eigenvalue weighted by Gasteiger charge is -2.28. The first kappa shape index (κ1) is 26.1. The van der Waals surface area contributed by atoms with Crippen molar-refractivity contribution in [1.82, 2.24) is 4.98 Å². The van der Waals surface area contributed by atoms with Gasteiger partial charge in [0.25, 0.3) is 0 Å². The molecule has 7 heteroatoms. The Balaban J connectivity index is 1.92. The SMILES string of the molecule is CCOC(=O)c1ccc2nc(-c3ccccc3)c(-c3ccccc3)c(N(Cc3ccccc3)S(C)(=O)=O)c2c1. The monoisotopic (exact) mass is 536 g/mol. The molecule has 39 heavy (non-hydrogen) atoms. The molecule has 0 aliphatic carbocycles. The summed E-state index contributed by atoms with van der Waals surface area (Å²) in [5.74, 6) is -0.479. The first-order chi connectivity index (χ1) is 18.9. The second-order valence-electron chi connectivity index (χ2n) is 9.12. The van der Waals surface area contributed by atoms with E-state index < -0.39 is 16.0 Å². The van der Waals surface area contributed by atoms with Crippen molar-refractivity contribution < 1.29 is 17.9 Å². The Bertz CT molecular complexity index is 1720. The van der Waals surface area contributed by atoms with E-state index in [9.17, 15) is 13.2 Å². The minimum atomic E-state index is -3.79. The van der Waals surface area contributed by atoms with Crippen molar-refractivity contribution in [3.63, 3.8) is 0 Å². The van der Waals surface area contributed by atoms with Gasteiger partial charge in [0.05, 0.1) is 41.9 Å². The summed E-state index contributed by atoms with van der Waals surface area (Å²) in [5, 5.41) is 0.542. The van der Waals surface area contributed by atoms with E-state index >= 15 is 0 Å². The molecular formula is C32H28N2O4S. The highest BCUT2D eigenvalue weighted by Gasteiger charge is 2.28. The highest BCUT2D eigenvalue weighted by atomic mass is 32.2. The van der Waals surface area contributed by atoms with Gasteiger partial charge in [-0.3, -0.25) is 4.31 Å². The number of fused-ring (bicyclic) bond motifs is 1. The molecular weight excluding hydrogens is 508 g/mol. The van der Waals surface area contributed by atoms with Gasteiger partial charge in [-0.15, -0.1) is 0 Å². The lowest BCUT2D eigenvalue weighted by atomic mass is 9.94. The van der Waals surface area contributed by atoms with Gasteiger partial charge in [0, 0.05) is 16.5 Å². The molecule has 0 bridgehead atoms. The molecule has 4 aromatic carbocycles. The molecule has 0 amide bonds. The molecule has 0 atom stereocenters. The molecule has 196 valence electrons. The van der Waals surface area contributed by atoms with Crippen LogP contribution in [0.15, 0.2) is 109 Å². The third-order valence-electron chi connectivity index (χ3n) is 6.40. The van der Waals surface area contributed by atoms with Crippen molar-refractivity contribution in [2.24, 2.45) is 0 Å². The average molecular weight is 537 g/mol. The second kappa shape index (κ2) is 11.1. The number of sulfonamides is 1. The number of pyridine rings is 1. The Morgan fingerprint density at radius 2 is 1.41 bits per heavy atom. The molecule has 0 aliphatic rings. The van der Waals surface area contributed by atoms with Crippen molar-refractivity contribution in [3.05, 3.63) is 120 Å². The number of carbonyl (C=O) groups excluding carboxylic acids is 1. The first-order valence-electron chi connectivity index (χ1n) is 12.6. The predicted octanol–water partition coefficient (Wildman–Crippen LogP) is 6.71. The highest BCUT2D eigenvalue weighted by Crippen LogP contribution is 2.44. The van der Waals surface area contributed by atoms with E-state index in [1.807, 2.05) is 91.0 Å². The summed E-state index contributed by atoms with van der Waals surface area (Å²) in [6.45, 7) is 2.08. The zero-order valence-electron chi connectivity index (χ0n) is 21.7. The van der Waals surface area contributed by atoms with Crippen LogP contribution in [0.4, 0.5) is 5.69 Å². The van der Waals surface area contributed by atoms with Gasteiger partial charge >= 0.3 is 5.97 Å². The number of benzene rings is 4. The minimum absolute atomic E-state index is 0.108. The first-order valence-corrected chi connectivity index (χ1v) is 14.5. The molecule has 5 aromatic rings. The van der Waals surface area contributed by atoms with Gasteiger partial charge in [-0.05, 0) is 36.2 Å². The fraction of sp³-hybridized carbons (Fsp3) is 0.125.